The van der Waals surface area contributed by atoms with Gasteiger partial charge in [-0.1, -0.05) is 38.1 Å². The fourth-order valence-electron chi connectivity index (χ4n) is 2.63. The Morgan fingerprint density at radius 1 is 1.15 bits per heavy atom. The maximum Gasteiger partial charge on any atom is 0.223 e. The summed E-state index contributed by atoms with van der Waals surface area (Å²) in [6.45, 7) is 8.89. The zero-order valence-corrected chi connectivity index (χ0v) is 15.8. The van der Waals surface area contributed by atoms with Gasteiger partial charge in [-0.05, 0) is 24.6 Å². The lowest BCUT2D eigenvalue weighted by Gasteiger charge is -2.21. The Balaban J connectivity index is 1.84. The van der Waals surface area contributed by atoms with Crippen LogP contribution < -0.4 is 10.1 Å². The first kappa shape index (κ1) is 17.9. The quantitative estimate of drug-likeness (QED) is 0.735. The number of aromatic nitrogens is 3. The van der Waals surface area contributed by atoms with Gasteiger partial charge in [0, 0.05) is 24.2 Å². The Labute approximate surface area is 153 Å². The molecule has 0 unspecified atom stereocenters. The Kier molecular flexibility index (Phi) is 4.93. The standard InChI is InChI=1S/C20H24N4O2/c1-13-10-17(26-24-13)16-12-22-19(23-18(16)20(2,3)4)21-11-14-6-8-15(25-5)9-7-14/h6-10,12H,11H2,1-5H3,(H,21,22,23). The maximum absolute atomic E-state index is 5.41. The van der Waals surface area contributed by atoms with E-state index in [2.05, 4.69) is 36.2 Å². The lowest BCUT2D eigenvalue weighted by Crippen LogP contribution is -2.17. The van der Waals surface area contributed by atoms with Gasteiger partial charge in [0.1, 0.15) is 5.75 Å². The number of nitrogens with one attached hydrogen (secondary N) is 1. The highest BCUT2D eigenvalue weighted by Crippen LogP contribution is 2.32. The third-order valence-corrected chi connectivity index (χ3v) is 4.00. The molecule has 0 fully saturated rings. The van der Waals surface area contributed by atoms with Crippen LogP contribution in [0.5, 0.6) is 5.75 Å². The van der Waals surface area contributed by atoms with Gasteiger partial charge in [0.05, 0.1) is 24.1 Å². The molecule has 136 valence electrons. The highest BCUT2D eigenvalue weighted by atomic mass is 16.5. The second-order valence-corrected chi connectivity index (χ2v) is 7.24. The van der Waals surface area contributed by atoms with Crippen LogP contribution in [0.2, 0.25) is 0 Å². The molecule has 0 aliphatic carbocycles. The van der Waals surface area contributed by atoms with Gasteiger partial charge >= 0.3 is 0 Å². The molecule has 0 aliphatic heterocycles. The molecule has 0 spiro atoms. The van der Waals surface area contributed by atoms with Crippen molar-refractivity contribution in [3.8, 4) is 17.1 Å². The zero-order valence-electron chi connectivity index (χ0n) is 15.8. The molecule has 0 aliphatic rings. The van der Waals surface area contributed by atoms with Crippen molar-refractivity contribution in [3.05, 3.63) is 53.5 Å². The molecule has 1 aromatic carbocycles. The summed E-state index contributed by atoms with van der Waals surface area (Å²) in [5.41, 5.74) is 3.59. The predicted octanol–water partition coefficient (Wildman–Crippen LogP) is 4.36. The monoisotopic (exact) mass is 352 g/mol. The molecule has 0 amide bonds. The summed E-state index contributed by atoms with van der Waals surface area (Å²) in [4.78, 5) is 9.20. The van der Waals surface area contributed by atoms with Gasteiger partial charge in [-0.3, -0.25) is 0 Å². The minimum absolute atomic E-state index is 0.157. The lowest BCUT2D eigenvalue weighted by molar-refractivity contribution is 0.414. The normalized spacial score (nSPS) is 11.4. The van der Waals surface area contributed by atoms with Crippen LogP contribution in [0.25, 0.3) is 11.3 Å². The van der Waals surface area contributed by atoms with E-state index in [4.69, 9.17) is 14.2 Å². The van der Waals surface area contributed by atoms with Crippen LogP contribution >= 0.6 is 0 Å². The van der Waals surface area contributed by atoms with Crippen molar-refractivity contribution in [1.29, 1.82) is 0 Å². The molecule has 2 heterocycles. The van der Waals surface area contributed by atoms with E-state index in [1.807, 2.05) is 37.3 Å². The van der Waals surface area contributed by atoms with Crippen LogP contribution in [-0.2, 0) is 12.0 Å². The third-order valence-electron chi connectivity index (χ3n) is 4.00. The van der Waals surface area contributed by atoms with Gasteiger partial charge in [-0.25, -0.2) is 9.97 Å². The number of methoxy groups -OCH3 is 1. The zero-order chi connectivity index (χ0) is 18.7. The smallest absolute Gasteiger partial charge is 0.223 e. The molecule has 0 atom stereocenters. The van der Waals surface area contributed by atoms with Crippen molar-refractivity contribution in [2.24, 2.45) is 0 Å². The van der Waals surface area contributed by atoms with Gasteiger partial charge in [-0.15, -0.1) is 0 Å². The predicted molar refractivity (Wildman–Crippen MR) is 101 cm³/mol. The molecule has 3 rings (SSSR count). The van der Waals surface area contributed by atoms with Gasteiger partial charge in [-0.2, -0.15) is 0 Å². The molecule has 0 bridgehead atoms. The summed E-state index contributed by atoms with van der Waals surface area (Å²) in [7, 11) is 1.66. The maximum atomic E-state index is 5.41. The molecule has 0 radical (unpaired) electrons. The first-order valence-electron chi connectivity index (χ1n) is 8.55. The summed E-state index contributed by atoms with van der Waals surface area (Å²) in [6.07, 6.45) is 1.80. The topological polar surface area (TPSA) is 73.1 Å². The fraction of sp³-hybridized carbons (Fsp3) is 0.350. The van der Waals surface area contributed by atoms with Crippen molar-refractivity contribution >= 4 is 5.95 Å². The van der Waals surface area contributed by atoms with Crippen molar-refractivity contribution in [1.82, 2.24) is 15.1 Å². The number of ether oxygens (including phenoxy) is 1. The molecular formula is C20H24N4O2. The van der Waals surface area contributed by atoms with E-state index >= 15 is 0 Å². The van der Waals surface area contributed by atoms with E-state index in [0.717, 1.165) is 28.3 Å². The number of nitrogens with zero attached hydrogens (tertiary/aromatic N) is 3. The molecule has 2 aromatic heterocycles. The summed E-state index contributed by atoms with van der Waals surface area (Å²) in [5.74, 6) is 2.12. The van der Waals surface area contributed by atoms with Crippen LogP contribution in [0.4, 0.5) is 5.95 Å². The minimum Gasteiger partial charge on any atom is -0.497 e. The lowest BCUT2D eigenvalue weighted by atomic mass is 9.88. The highest BCUT2D eigenvalue weighted by Gasteiger charge is 2.24. The summed E-state index contributed by atoms with van der Waals surface area (Å²) in [5, 5.41) is 7.26. The molecule has 6 heteroatoms. The van der Waals surface area contributed by atoms with Gasteiger partial charge in [0.2, 0.25) is 5.95 Å². The summed E-state index contributed by atoms with van der Waals surface area (Å²) >= 11 is 0. The second kappa shape index (κ2) is 7.15. The average molecular weight is 352 g/mol. The van der Waals surface area contributed by atoms with E-state index in [1.165, 1.54) is 0 Å². The number of anilines is 1. The van der Waals surface area contributed by atoms with Gasteiger partial charge in [0.25, 0.3) is 0 Å². The second-order valence-electron chi connectivity index (χ2n) is 7.24. The molecule has 26 heavy (non-hydrogen) atoms. The molecule has 0 saturated carbocycles. The van der Waals surface area contributed by atoms with Crippen LogP contribution in [0.3, 0.4) is 0 Å². The van der Waals surface area contributed by atoms with Crippen LogP contribution in [0.15, 0.2) is 41.1 Å². The number of hydrogen-bond acceptors (Lipinski definition) is 6. The van der Waals surface area contributed by atoms with Crippen molar-refractivity contribution in [2.45, 2.75) is 39.7 Å². The van der Waals surface area contributed by atoms with E-state index in [-0.39, 0.29) is 5.41 Å². The van der Waals surface area contributed by atoms with Crippen molar-refractivity contribution < 1.29 is 9.26 Å². The number of rotatable bonds is 5. The third kappa shape index (κ3) is 4.02. The van der Waals surface area contributed by atoms with E-state index in [9.17, 15) is 0 Å². The molecule has 0 saturated heterocycles. The molecule has 6 nitrogen and oxygen atoms in total. The minimum atomic E-state index is -0.157. The molecule has 1 N–H and O–H groups in total. The molecular weight excluding hydrogens is 328 g/mol. The van der Waals surface area contributed by atoms with E-state index < -0.39 is 0 Å². The van der Waals surface area contributed by atoms with Crippen molar-refractivity contribution in [3.63, 3.8) is 0 Å². The SMILES string of the molecule is COc1ccc(CNc2ncc(-c3cc(C)no3)c(C(C)(C)C)n2)cc1. The molecule has 3 aromatic rings. The Morgan fingerprint density at radius 2 is 1.88 bits per heavy atom. The van der Waals surface area contributed by atoms with Crippen LogP contribution in [-0.4, -0.2) is 22.2 Å². The number of hydrogen-bond donors (Lipinski definition) is 1. The van der Waals surface area contributed by atoms with Crippen LogP contribution in [0.1, 0.15) is 37.7 Å². The van der Waals surface area contributed by atoms with E-state index in [0.29, 0.717) is 18.3 Å². The Hall–Kier alpha value is -2.89. The first-order valence-corrected chi connectivity index (χ1v) is 8.55. The van der Waals surface area contributed by atoms with Gasteiger partial charge in [0.15, 0.2) is 5.76 Å². The summed E-state index contributed by atoms with van der Waals surface area (Å²) < 4.78 is 10.6. The van der Waals surface area contributed by atoms with Crippen LogP contribution in [0, 0.1) is 6.92 Å². The van der Waals surface area contributed by atoms with E-state index in [1.54, 1.807) is 13.3 Å². The Morgan fingerprint density at radius 3 is 2.46 bits per heavy atom. The number of aryl methyl sites for hydroxylation is 1. The first-order chi connectivity index (χ1) is 12.4. The summed E-state index contributed by atoms with van der Waals surface area (Å²) in [6, 6.07) is 9.81. The largest absolute Gasteiger partial charge is 0.497 e. The number of benzene rings is 1. The fourth-order valence-corrected chi connectivity index (χ4v) is 2.63. The van der Waals surface area contributed by atoms with Crippen molar-refractivity contribution in [2.75, 3.05) is 12.4 Å². The van der Waals surface area contributed by atoms with Gasteiger partial charge < -0.3 is 14.6 Å². The highest BCUT2D eigenvalue weighted by molar-refractivity contribution is 5.62. The average Bonchev–Trinajstić information content (AvgIpc) is 3.05. The Bertz CT molecular complexity index is 880.